The summed E-state index contributed by atoms with van der Waals surface area (Å²) in [5.74, 6) is 0.754. The minimum Gasteiger partial charge on any atom is -0.491 e. The van der Waals surface area contributed by atoms with E-state index in [0.717, 1.165) is 35.3 Å². The Morgan fingerprint density at radius 1 is 1.26 bits per heavy atom. The van der Waals surface area contributed by atoms with E-state index in [4.69, 9.17) is 16.3 Å². The lowest BCUT2D eigenvalue weighted by Gasteiger charge is -2.40. The number of carbonyl (C=O) groups is 1. The zero-order chi connectivity index (χ0) is 19.8. The Morgan fingerprint density at radius 2 is 2.00 bits per heavy atom. The van der Waals surface area contributed by atoms with E-state index in [1.807, 2.05) is 44.2 Å². The molecule has 2 aromatic rings. The van der Waals surface area contributed by atoms with Crippen molar-refractivity contribution in [3.8, 4) is 16.9 Å². The quantitative estimate of drug-likeness (QED) is 0.668. The first-order valence-electron chi connectivity index (χ1n) is 9.26. The van der Waals surface area contributed by atoms with Crippen molar-refractivity contribution < 1.29 is 14.6 Å². The zero-order valence-electron chi connectivity index (χ0n) is 16.2. The number of carboxylic acid groups (broad SMARTS) is 1. The maximum Gasteiger partial charge on any atom is 0.405 e. The van der Waals surface area contributed by atoms with Crippen LogP contribution in [0.25, 0.3) is 11.1 Å². The molecule has 1 aliphatic rings. The van der Waals surface area contributed by atoms with Crippen LogP contribution >= 0.6 is 11.6 Å². The van der Waals surface area contributed by atoms with E-state index in [0.29, 0.717) is 5.02 Å². The van der Waals surface area contributed by atoms with Gasteiger partial charge >= 0.3 is 6.09 Å². The van der Waals surface area contributed by atoms with Crippen LogP contribution in [0, 0.1) is 5.41 Å². The first kappa shape index (κ1) is 19.6. The molecule has 2 aromatic carbocycles. The summed E-state index contributed by atoms with van der Waals surface area (Å²) in [6.45, 7) is 8.17. The van der Waals surface area contributed by atoms with Crippen LogP contribution in [0.2, 0.25) is 5.02 Å². The predicted molar refractivity (Wildman–Crippen MR) is 109 cm³/mol. The van der Waals surface area contributed by atoms with Gasteiger partial charge in [-0.05, 0) is 67.0 Å². The molecule has 0 fully saturated rings. The Balaban J connectivity index is 1.96. The normalized spacial score (nSPS) is 18.1. The van der Waals surface area contributed by atoms with Crippen molar-refractivity contribution in [3.63, 3.8) is 0 Å². The van der Waals surface area contributed by atoms with Gasteiger partial charge in [0.15, 0.2) is 0 Å². The molecule has 0 heterocycles. The largest absolute Gasteiger partial charge is 0.491 e. The fourth-order valence-electron chi connectivity index (χ4n) is 3.77. The second-order valence-corrected chi connectivity index (χ2v) is 8.50. The number of halogens is 1. The van der Waals surface area contributed by atoms with Crippen LogP contribution in [0.4, 0.5) is 4.79 Å². The monoisotopic (exact) mass is 387 g/mol. The van der Waals surface area contributed by atoms with Crippen molar-refractivity contribution in [3.05, 3.63) is 52.5 Å². The summed E-state index contributed by atoms with van der Waals surface area (Å²) in [5.41, 5.74) is 4.07. The molecule has 0 aromatic heterocycles. The molecule has 3 rings (SSSR count). The number of aryl methyl sites for hydroxylation is 1. The van der Waals surface area contributed by atoms with Gasteiger partial charge in [-0.15, -0.1) is 0 Å². The summed E-state index contributed by atoms with van der Waals surface area (Å²) in [4.78, 5) is 11.3. The fourth-order valence-corrected chi connectivity index (χ4v) is 4.05. The third-order valence-corrected chi connectivity index (χ3v) is 5.48. The van der Waals surface area contributed by atoms with Crippen LogP contribution in [0.3, 0.4) is 0 Å². The van der Waals surface area contributed by atoms with Gasteiger partial charge in [0.25, 0.3) is 0 Å². The molecule has 0 saturated carbocycles. The molecule has 0 unspecified atom stereocenters. The van der Waals surface area contributed by atoms with Gasteiger partial charge in [0.05, 0.1) is 17.2 Å². The SMILES string of the molecule is CC(C)Oc1ccc(-c2ccc3c(c2)CCC(C)(C)[C@H]3NC(=O)O)c(Cl)c1. The van der Waals surface area contributed by atoms with E-state index in [1.165, 1.54) is 5.56 Å². The maximum atomic E-state index is 11.3. The van der Waals surface area contributed by atoms with Gasteiger partial charge in [0, 0.05) is 5.56 Å². The third-order valence-electron chi connectivity index (χ3n) is 5.17. The van der Waals surface area contributed by atoms with E-state index in [1.54, 1.807) is 0 Å². The Bertz CT molecular complexity index is 861. The van der Waals surface area contributed by atoms with Crippen LogP contribution in [-0.4, -0.2) is 17.3 Å². The standard InChI is InChI=1S/C22H26ClNO3/c1-13(2)27-16-6-8-17(19(23)12-16)14-5-7-18-15(11-14)9-10-22(3,4)20(18)24-21(25)26/h5-8,11-13,20,24H,9-10H2,1-4H3,(H,25,26)/t20-/m0/s1. The molecule has 144 valence electrons. The summed E-state index contributed by atoms with van der Waals surface area (Å²) in [5, 5.41) is 12.6. The number of fused-ring (bicyclic) bond motifs is 1. The predicted octanol–water partition coefficient (Wildman–Crippen LogP) is 6.08. The van der Waals surface area contributed by atoms with Crippen LogP contribution in [0.1, 0.15) is 51.3 Å². The van der Waals surface area contributed by atoms with Crippen LogP contribution in [0.15, 0.2) is 36.4 Å². The summed E-state index contributed by atoms with van der Waals surface area (Å²) in [7, 11) is 0. The highest BCUT2D eigenvalue weighted by Gasteiger charge is 2.37. The Labute approximate surface area is 165 Å². The van der Waals surface area contributed by atoms with Gasteiger partial charge < -0.3 is 15.2 Å². The van der Waals surface area contributed by atoms with Gasteiger partial charge in [-0.25, -0.2) is 4.79 Å². The molecule has 0 radical (unpaired) electrons. The lowest BCUT2D eigenvalue weighted by Crippen LogP contribution is -2.40. The number of rotatable bonds is 4. The van der Waals surface area contributed by atoms with E-state index in [-0.39, 0.29) is 17.6 Å². The number of ether oxygens (including phenoxy) is 1. The molecule has 0 aliphatic heterocycles. The van der Waals surface area contributed by atoms with E-state index in [2.05, 4.69) is 25.2 Å². The highest BCUT2D eigenvalue weighted by Crippen LogP contribution is 2.44. The zero-order valence-corrected chi connectivity index (χ0v) is 16.9. The van der Waals surface area contributed by atoms with Crippen molar-refractivity contribution >= 4 is 17.7 Å². The van der Waals surface area contributed by atoms with Crippen LogP contribution in [-0.2, 0) is 6.42 Å². The second-order valence-electron chi connectivity index (χ2n) is 8.09. The highest BCUT2D eigenvalue weighted by molar-refractivity contribution is 6.33. The van der Waals surface area contributed by atoms with Gasteiger partial charge in [-0.1, -0.05) is 43.6 Å². The Hall–Kier alpha value is -2.20. The molecule has 1 aliphatic carbocycles. The number of benzene rings is 2. The molecule has 2 N–H and O–H groups in total. The molecule has 5 heteroatoms. The number of nitrogens with one attached hydrogen (secondary N) is 1. The number of hydrogen-bond acceptors (Lipinski definition) is 2. The lowest BCUT2D eigenvalue weighted by atomic mass is 9.70. The average molecular weight is 388 g/mol. The third kappa shape index (κ3) is 4.22. The van der Waals surface area contributed by atoms with Gasteiger partial charge in [-0.2, -0.15) is 0 Å². The van der Waals surface area contributed by atoms with Crippen molar-refractivity contribution in [2.45, 2.75) is 52.7 Å². The molecular weight excluding hydrogens is 362 g/mol. The van der Waals surface area contributed by atoms with Crippen molar-refractivity contribution in [2.24, 2.45) is 5.41 Å². The van der Waals surface area contributed by atoms with E-state index < -0.39 is 6.09 Å². The molecule has 0 bridgehead atoms. The summed E-state index contributed by atoms with van der Waals surface area (Å²) in [6, 6.07) is 11.7. The summed E-state index contributed by atoms with van der Waals surface area (Å²) >= 11 is 6.50. The molecule has 1 amide bonds. The number of amides is 1. The fraction of sp³-hybridized carbons (Fsp3) is 0.409. The maximum absolute atomic E-state index is 11.3. The van der Waals surface area contributed by atoms with Gasteiger partial charge in [0.2, 0.25) is 0 Å². The van der Waals surface area contributed by atoms with Crippen LogP contribution < -0.4 is 10.1 Å². The van der Waals surface area contributed by atoms with Crippen LogP contribution in [0.5, 0.6) is 5.75 Å². The summed E-state index contributed by atoms with van der Waals surface area (Å²) in [6.07, 6.45) is 0.940. The first-order chi connectivity index (χ1) is 12.7. The highest BCUT2D eigenvalue weighted by atomic mass is 35.5. The van der Waals surface area contributed by atoms with Gasteiger partial charge in [0.1, 0.15) is 5.75 Å². The summed E-state index contributed by atoms with van der Waals surface area (Å²) < 4.78 is 5.70. The Kier molecular flexibility index (Phi) is 5.38. The van der Waals surface area contributed by atoms with Crippen molar-refractivity contribution in [1.82, 2.24) is 5.32 Å². The Morgan fingerprint density at radius 3 is 2.63 bits per heavy atom. The smallest absolute Gasteiger partial charge is 0.405 e. The minimum absolute atomic E-state index is 0.0951. The first-order valence-corrected chi connectivity index (χ1v) is 9.64. The molecule has 27 heavy (non-hydrogen) atoms. The van der Waals surface area contributed by atoms with E-state index >= 15 is 0 Å². The van der Waals surface area contributed by atoms with Crippen molar-refractivity contribution in [2.75, 3.05) is 0 Å². The molecule has 0 spiro atoms. The van der Waals surface area contributed by atoms with E-state index in [9.17, 15) is 9.90 Å². The van der Waals surface area contributed by atoms with Crippen molar-refractivity contribution in [1.29, 1.82) is 0 Å². The molecule has 4 nitrogen and oxygen atoms in total. The number of hydrogen-bond donors (Lipinski definition) is 2. The topological polar surface area (TPSA) is 58.6 Å². The minimum atomic E-state index is -0.992. The molecule has 1 atom stereocenters. The second kappa shape index (κ2) is 7.43. The molecule has 0 saturated heterocycles. The lowest BCUT2D eigenvalue weighted by molar-refractivity contribution is 0.161. The molecular formula is C22H26ClNO3. The van der Waals surface area contributed by atoms with Gasteiger partial charge in [-0.3, -0.25) is 0 Å². The average Bonchev–Trinajstić information content (AvgIpc) is 2.56.